The number of carboxylic acid groups (broad SMARTS) is 1. The lowest BCUT2D eigenvalue weighted by Gasteiger charge is -2.21. The zero-order valence-corrected chi connectivity index (χ0v) is 14.6. The van der Waals surface area contributed by atoms with Gasteiger partial charge in [-0.25, -0.2) is 0 Å². The third kappa shape index (κ3) is 9.45. The Morgan fingerprint density at radius 2 is 1.73 bits per heavy atom. The average molecular weight is 312 g/mol. The highest BCUT2D eigenvalue weighted by atomic mass is 16.4. The van der Waals surface area contributed by atoms with E-state index in [9.17, 15) is 4.79 Å². The van der Waals surface area contributed by atoms with Gasteiger partial charge in [0.05, 0.1) is 0 Å². The van der Waals surface area contributed by atoms with E-state index in [1.807, 2.05) is 0 Å². The van der Waals surface area contributed by atoms with Gasteiger partial charge in [-0.2, -0.15) is 0 Å². The molecule has 1 saturated carbocycles. The topological polar surface area (TPSA) is 49.3 Å². The van der Waals surface area contributed by atoms with Crippen LogP contribution >= 0.6 is 0 Å². The summed E-state index contributed by atoms with van der Waals surface area (Å²) in [6, 6.07) is 0.732. The molecule has 2 N–H and O–H groups in total. The summed E-state index contributed by atoms with van der Waals surface area (Å²) in [6.07, 6.45) is 17.2. The molecule has 1 rings (SSSR count). The molecule has 0 heterocycles. The predicted octanol–water partition coefficient (Wildman–Crippen LogP) is 5.14. The molecular weight excluding hydrogens is 274 g/mol. The molecular formula is C19H37NO2. The van der Waals surface area contributed by atoms with Gasteiger partial charge >= 0.3 is 5.97 Å². The Bertz CT molecular complexity index is 281. The summed E-state index contributed by atoms with van der Waals surface area (Å²) in [7, 11) is 0. The van der Waals surface area contributed by atoms with Crippen molar-refractivity contribution in [2.75, 3.05) is 6.54 Å². The normalized spacial score (nSPS) is 21.3. The second-order valence-corrected chi connectivity index (χ2v) is 7.01. The molecule has 0 bridgehead atoms. The number of carboxylic acids is 1. The third-order valence-corrected chi connectivity index (χ3v) is 5.06. The number of unbranched alkanes of at least 4 members (excludes halogenated alkanes) is 7. The highest BCUT2D eigenvalue weighted by Gasteiger charge is 2.25. The molecule has 2 atom stereocenters. The summed E-state index contributed by atoms with van der Waals surface area (Å²) in [5, 5.41) is 12.3. The number of hydrogen-bond acceptors (Lipinski definition) is 2. The Labute approximate surface area is 137 Å². The summed E-state index contributed by atoms with van der Waals surface area (Å²) in [5.41, 5.74) is 0. The van der Waals surface area contributed by atoms with Crippen LogP contribution in [-0.4, -0.2) is 23.7 Å². The van der Waals surface area contributed by atoms with Gasteiger partial charge in [-0.05, 0) is 44.6 Å². The average Bonchev–Trinajstić information content (AvgIpc) is 2.93. The number of hydrogen-bond donors (Lipinski definition) is 2. The molecule has 1 aliphatic rings. The molecule has 0 aromatic carbocycles. The van der Waals surface area contributed by atoms with Gasteiger partial charge < -0.3 is 10.4 Å². The summed E-state index contributed by atoms with van der Waals surface area (Å²) < 4.78 is 0. The number of nitrogens with one attached hydrogen (secondary N) is 1. The first-order valence-electron chi connectivity index (χ1n) is 9.69. The van der Waals surface area contributed by atoms with Crippen molar-refractivity contribution in [2.24, 2.45) is 5.92 Å². The standard InChI is InChI=1S/C19H37NO2/c1-2-3-4-5-6-8-12-17-13-11-14-18(17)20-16-10-7-9-15-19(21)22/h17-18,20H,2-16H2,1H3,(H,21,22)/t17?,18-/m0/s1. The smallest absolute Gasteiger partial charge is 0.303 e. The molecule has 0 aromatic rings. The monoisotopic (exact) mass is 311 g/mol. The van der Waals surface area contributed by atoms with E-state index in [4.69, 9.17) is 5.11 Å². The van der Waals surface area contributed by atoms with Crippen LogP contribution in [0.1, 0.15) is 96.8 Å². The Morgan fingerprint density at radius 1 is 1.00 bits per heavy atom. The Kier molecular flexibility index (Phi) is 11.4. The molecule has 1 fully saturated rings. The van der Waals surface area contributed by atoms with Gasteiger partial charge in [0.1, 0.15) is 0 Å². The maximum absolute atomic E-state index is 10.5. The van der Waals surface area contributed by atoms with E-state index < -0.39 is 5.97 Å². The molecule has 0 aliphatic heterocycles. The second-order valence-electron chi connectivity index (χ2n) is 7.01. The minimum atomic E-state index is -0.664. The molecule has 1 aliphatic carbocycles. The van der Waals surface area contributed by atoms with Crippen LogP contribution in [0.2, 0.25) is 0 Å². The molecule has 0 radical (unpaired) electrons. The van der Waals surface area contributed by atoms with Crippen LogP contribution in [0.3, 0.4) is 0 Å². The maximum Gasteiger partial charge on any atom is 0.303 e. The van der Waals surface area contributed by atoms with Crippen molar-refractivity contribution in [1.82, 2.24) is 5.32 Å². The van der Waals surface area contributed by atoms with Crippen molar-refractivity contribution in [2.45, 2.75) is 103 Å². The lowest BCUT2D eigenvalue weighted by Crippen LogP contribution is -2.33. The highest BCUT2D eigenvalue weighted by molar-refractivity contribution is 5.66. The van der Waals surface area contributed by atoms with Gasteiger partial charge in [-0.1, -0.05) is 58.3 Å². The van der Waals surface area contributed by atoms with Crippen molar-refractivity contribution >= 4 is 5.97 Å². The zero-order valence-electron chi connectivity index (χ0n) is 14.6. The van der Waals surface area contributed by atoms with E-state index in [1.54, 1.807) is 0 Å². The molecule has 0 amide bonds. The van der Waals surface area contributed by atoms with Crippen molar-refractivity contribution in [3.05, 3.63) is 0 Å². The van der Waals surface area contributed by atoms with Crippen molar-refractivity contribution < 1.29 is 9.90 Å². The fourth-order valence-electron chi connectivity index (χ4n) is 3.70. The third-order valence-electron chi connectivity index (χ3n) is 5.06. The summed E-state index contributed by atoms with van der Waals surface area (Å²) >= 11 is 0. The lowest BCUT2D eigenvalue weighted by atomic mass is 9.95. The Hall–Kier alpha value is -0.570. The molecule has 0 aromatic heterocycles. The second kappa shape index (κ2) is 12.9. The fraction of sp³-hybridized carbons (Fsp3) is 0.947. The molecule has 22 heavy (non-hydrogen) atoms. The van der Waals surface area contributed by atoms with Crippen LogP contribution in [0.5, 0.6) is 0 Å². The van der Waals surface area contributed by atoms with E-state index in [1.165, 1.54) is 64.2 Å². The molecule has 3 nitrogen and oxygen atoms in total. The number of rotatable bonds is 14. The molecule has 0 saturated heterocycles. The van der Waals surface area contributed by atoms with Crippen molar-refractivity contribution in [1.29, 1.82) is 0 Å². The van der Waals surface area contributed by atoms with Crippen LogP contribution in [0.4, 0.5) is 0 Å². The van der Waals surface area contributed by atoms with Gasteiger partial charge in [-0.3, -0.25) is 4.79 Å². The van der Waals surface area contributed by atoms with Crippen LogP contribution in [0.15, 0.2) is 0 Å². The van der Waals surface area contributed by atoms with E-state index in [0.29, 0.717) is 6.42 Å². The lowest BCUT2D eigenvalue weighted by molar-refractivity contribution is -0.137. The zero-order chi connectivity index (χ0) is 16.0. The van der Waals surface area contributed by atoms with Crippen LogP contribution in [0, 0.1) is 5.92 Å². The van der Waals surface area contributed by atoms with Gasteiger partial charge in [0.15, 0.2) is 0 Å². The number of carbonyl (C=O) groups is 1. The molecule has 130 valence electrons. The molecule has 1 unspecified atom stereocenters. The van der Waals surface area contributed by atoms with Crippen LogP contribution in [-0.2, 0) is 4.79 Å². The van der Waals surface area contributed by atoms with E-state index in [-0.39, 0.29) is 0 Å². The fourth-order valence-corrected chi connectivity index (χ4v) is 3.70. The van der Waals surface area contributed by atoms with Crippen LogP contribution in [0.25, 0.3) is 0 Å². The molecule has 3 heteroatoms. The Balaban J connectivity index is 1.99. The first-order valence-corrected chi connectivity index (χ1v) is 9.69. The maximum atomic E-state index is 10.5. The first-order chi connectivity index (χ1) is 10.7. The van der Waals surface area contributed by atoms with Crippen molar-refractivity contribution in [3.63, 3.8) is 0 Å². The van der Waals surface area contributed by atoms with Gasteiger partial charge in [0.2, 0.25) is 0 Å². The summed E-state index contributed by atoms with van der Waals surface area (Å²) in [5.74, 6) is 0.230. The van der Waals surface area contributed by atoms with Crippen LogP contribution < -0.4 is 5.32 Å². The van der Waals surface area contributed by atoms with Crippen molar-refractivity contribution in [3.8, 4) is 0 Å². The number of aliphatic carboxylic acids is 1. The SMILES string of the molecule is CCCCCCCCC1CCC[C@@H]1NCCCCCC(=O)O. The summed E-state index contributed by atoms with van der Waals surface area (Å²) in [6.45, 7) is 3.34. The van der Waals surface area contributed by atoms with Gasteiger partial charge in [-0.15, -0.1) is 0 Å². The highest BCUT2D eigenvalue weighted by Crippen LogP contribution is 2.30. The largest absolute Gasteiger partial charge is 0.481 e. The summed E-state index contributed by atoms with van der Waals surface area (Å²) in [4.78, 5) is 10.5. The molecule has 0 spiro atoms. The minimum Gasteiger partial charge on any atom is -0.481 e. The van der Waals surface area contributed by atoms with Gasteiger partial charge in [0.25, 0.3) is 0 Å². The van der Waals surface area contributed by atoms with E-state index >= 15 is 0 Å². The quantitative estimate of drug-likeness (QED) is 0.437. The minimum absolute atomic E-state index is 0.323. The predicted molar refractivity (Wildman–Crippen MR) is 93.2 cm³/mol. The first kappa shape index (κ1) is 19.5. The van der Waals surface area contributed by atoms with E-state index in [0.717, 1.165) is 37.8 Å². The van der Waals surface area contributed by atoms with Gasteiger partial charge in [0, 0.05) is 12.5 Å². The van der Waals surface area contributed by atoms with E-state index in [2.05, 4.69) is 12.2 Å². The Morgan fingerprint density at radius 3 is 2.50 bits per heavy atom.